The van der Waals surface area contributed by atoms with Crippen LogP contribution in [0.2, 0.25) is 0 Å². The van der Waals surface area contributed by atoms with Crippen LogP contribution < -0.4 is 0 Å². The van der Waals surface area contributed by atoms with E-state index in [1.165, 1.54) is 38.5 Å². The second-order valence-electron chi connectivity index (χ2n) is 11.9. The van der Waals surface area contributed by atoms with E-state index in [1.54, 1.807) is 0 Å². The minimum atomic E-state index is -4.77. The summed E-state index contributed by atoms with van der Waals surface area (Å²) in [5.74, 6) is -0.979. The molecule has 0 amide bonds. The van der Waals surface area contributed by atoms with E-state index >= 15 is 0 Å². The summed E-state index contributed by atoms with van der Waals surface area (Å²) >= 11 is 0. The number of rotatable bonds is 32. The first-order valence-electron chi connectivity index (χ1n) is 18.3. The topological polar surface area (TPSA) is 119 Å². The van der Waals surface area contributed by atoms with Crippen molar-refractivity contribution in [1.82, 2.24) is 0 Å². The molecule has 0 aliphatic carbocycles. The second-order valence-corrected chi connectivity index (χ2v) is 13.1. The molecular weight excluding hydrogens is 627 g/mol. The van der Waals surface area contributed by atoms with Gasteiger partial charge in [0, 0.05) is 12.8 Å². The molecule has 0 radical (unpaired) electrons. The van der Waals surface area contributed by atoms with Crippen LogP contribution in [0.25, 0.3) is 0 Å². The highest BCUT2D eigenvalue weighted by atomic mass is 31.2. The van der Waals surface area contributed by atoms with Gasteiger partial charge in [-0.1, -0.05) is 138 Å². The summed E-state index contributed by atoms with van der Waals surface area (Å²) in [7, 11) is -4.77. The van der Waals surface area contributed by atoms with E-state index in [1.807, 2.05) is 24.3 Å². The van der Waals surface area contributed by atoms with Gasteiger partial charge in [-0.15, -0.1) is 0 Å². The van der Waals surface area contributed by atoms with E-state index < -0.39 is 32.5 Å². The van der Waals surface area contributed by atoms with Crippen LogP contribution in [0.5, 0.6) is 0 Å². The maximum atomic E-state index is 12.3. The first-order chi connectivity index (χ1) is 23.3. The Morgan fingerprint density at radius 3 is 1.73 bits per heavy atom. The van der Waals surface area contributed by atoms with Gasteiger partial charge in [-0.05, 0) is 64.2 Å². The lowest BCUT2D eigenvalue weighted by Gasteiger charge is -2.18. The predicted molar refractivity (Wildman–Crippen MR) is 197 cm³/mol. The van der Waals surface area contributed by atoms with Gasteiger partial charge in [0.25, 0.3) is 0 Å². The number of allylic oxidation sites excluding steroid dienone is 12. The number of ether oxygens (including phenoxy) is 2. The lowest BCUT2D eigenvalue weighted by Crippen LogP contribution is -2.29. The standard InChI is InChI=1S/C39H65O8P/c1-3-5-7-9-11-13-15-17-18-19-20-22-23-25-27-29-31-33-38(40)45-35-37(36-46-48(42,43)44)47-39(41)34-32-30-28-26-24-21-16-14-12-10-8-6-4-2/h6,8,10,12,14,16-18,20,22,25,27,37H,3-5,7,9,11,13,15,19,21,23-24,26,28-36H2,1-2H3,(H2,42,43,44)/b8-6+,12-10+,16-14+,18-17+,22-20+,27-25+. The molecule has 274 valence electrons. The third kappa shape index (κ3) is 36.3. The maximum absolute atomic E-state index is 12.3. The van der Waals surface area contributed by atoms with Crippen molar-refractivity contribution < 1.29 is 37.9 Å². The molecule has 0 heterocycles. The van der Waals surface area contributed by atoms with Crippen molar-refractivity contribution in [3.05, 3.63) is 72.9 Å². The van der Waals surface area contributed by atoms with Crippen molar-refractivity contribution in [1.29, 1.82) is 0 Å². The third-order valence-corrected chi connectivity index (χ3v) is 7.76. The van der Waals surface area contributed by atoms with E-state index in [0.29, 0.717) is 12.8 Å². The molecule has 0 aromatic heterocycles. The van der Waals surface area contributed by atoms with Gasteiger partial charge in [0.05, 0.1) is 6.61 Å². The molecule has 48 heavy (non-hydrogen) atoms. The molecule has 8 nitrogen and oxygen atoms in total. The molecule has 1 atom stereocenters. The Morgan fingerprint density at radius 2 is 1.10 bits per heavy atom. The Kier molecular flexibility index (Phi) is 32.6. The van der Waals surface area contributed by atoms with E-state index in [4.69, 9.17) is 19.3 Å². The van der Waals surface area contributed by atoms with Crippen molar-refractivity contribution in [2.45, 2.75) is 148 Å². The van der Waals surface area contributed by atoms with Crippen molar-refractivity contribution in [2.75, 3.05) is 13.2 Å². The van der Waals surface area contributed by atoms with Gasteiger partial charge < -0.3 is 19.3 Å². The Hall–Kier alpha value is -2.51. The zero-order valence-electron chi connectivity index (χ0n) is 29.9. The Labute approximate surface area is 291 Å². The summed E-state index contributed by atoms with van der Waals surface area (Å²) in [5.41, 5.74) is 0. The molecule has 0 aliphatic heterocycles. The first-order valence-corrected chi connectivity index (χ1v) is 19.8. The zero-order chi connectivity index (χ0) is 35.4. The number of hydrogen-bond donors (Lipinski definition) is 2. The third-order valence-electron chi connectivity index (χ3n) is 7.27. The van der Waals surface area contributed by atoms with Gasteiger partial charge in [0.15, 0.2) is 6.10 Å². The quantitative estimate of drug-likeness (QED) is 0.0235. The van der Waals surface area contributed by atoms with Gasteiger partial charge in [0.2, 0.25) is 0 Å². The van der Waals surface area contributed by atoms with Crippen molar-refractivity contribution >= 4 is 19.8 Å². The van der Waals surface area contributed by atoms with Gasteiger partial charge in [-0.3, -0.25) is 14.1 Å². The number of phosphoric acid groups is 1. The number of unbranched alkanes of at least 4 members (excludes halogenated alkanes) is 12. The largest absolute Gasteiger partial charge is 0.469 e. The molecule has 9 heteroatoms. The van der Waals surface area contributed by atoms with Crippen LogP contribution >= 0.6 is 7.82 Å². The van der Waals surface area contributed by atoms with Gasteiger partial charge in [-0.2, -0.15) is 0 Å². The van der Waals surface area contributed by atoms with E-state index in [0.717, 1.165) is 64.2 Å². The van der Waals surface area contributed by atoms with E-state index in [-0.39, 0.29) is 19.4 Å². The average Bonchev–Trinajstić information content (AvgIpc) is 3.05. The van der Waals surface area contributed by atoms with Crippen LogP contribution in [0.15, 0.2) is 72.9 Å². The van der Waals surface area contributed by atoms with Crippen molar-refractivity contribution in [3.63, 3.8) is 0 Å². The Balaban J connectivity index is 4.11. The first kappa shape index (κ1) is 45.5. The summed E-state index contributed by atoms with van der Waals surface area (Å²) in [4.78, 5) is 42.6. The fourth-order valence-electron chi connectivity index (χ4n) is 4.56. The van der Waals surface area contributed by atoms with Crippen LogP contribution in [-0.4, -0.2) is 41.0 Å². The number of esters is 2. The summed E-state index contributed by atoms with van der Waals surface area (Å²) in [5, 5.41) is 0. The molecule has 2 N–H and O–H groups in total. The number of carbonyl (C=O) groups excluding carboxylic acids is 2. The fourth-order valence-corrected chi connectivity index (χ4v) is 4.92. The highest BCUT2D eigenvalue weighted by molar-refractivity contribution is 7.46. The normalized spacial score (nSPS) is 13.3. The van der Waals surface area contributed by atoms with Crippen LogP contribution in [0.4, 0.5) is 0 Å². The molecule has 0 saturated heterocycles. The van der Waals surface area contributed by atoms with Crippen molar-refractivity contribution in [3.8, 4) is 0 Å². The van der Waals surface area contributed by atoms with Gasteiger partial charge >= 0.3 is 19.8 Å². The Morgan fingerprint density at radius 1 is 0.583 bits per heavy atom. The monoisotopic (exact) mass is 692 g/mol. The van der Waals surface area contributed by atoms with Crippen LogP contribution in [0.1, 0.15) is 142 Å². The molecular formula is C39H65O8P. The van der Waals surface area contributed by atoms with Crippen molar-refractivity contribution in [2.24, 2.45) is 0 Å². The molecule has 1 unspecified atom stereocenters. The molecule has 0 aromatic rings. The van der Waals surface area contributed by atoms with Crippen LogP contribution in [0.3, 0.4) is 0 Å². The summed E-state index contributed by atoms with van der Waals surface area (Å²) in [6, 6.07) is 0. The smallest absolute Gasteiger partial charge is 0.462 e. The number of hydrogen-bond acceptors (Lipinski definition) is 6. The minimum Gasteiger partial charge on any atom is -0.462 e. The second kappa shape index (κ2) is 34.4. The molecule has 0 aliphatic rings. The molecule has 0 rings (SSSR count). The summed E-state index contributed by atoms with van der Waals surface area (Å²) < 4.78 is 26.2. The van der Waals surface area contributed by atoms with Crippen LogP contribution in [0, 0.1) is 0 Å². The minimum absolute atomic E-state index is 0.174. The molecule has 0 saturated carbocycles. The van der Waals surface area contributed by atoms with Crippen LogP contribution in [-0.2, 0) is 28.2 Å². The molecule has 0 fully saturated rings. The number of carbonyl (C=O) groups is 2. The van der Waals surface area contributed by atoms with E-state index in [2.05, 4.69) is 67.0 Å². The highest BCUT2D eigenvalue weighted by Crippen LogP contribution is 2.35. The van der Waals surface area contributed by atoms with Gasteiger partial charge in [0.1, 0.15) is 6.61 Å². The molecule has 0 aromatic carbocycles. The molecule has 0 bridgehead atoms. The lowest BCUT2D eigenvalue weighted by atomic mass is 10.1. The fraction of sp³-hybridized carbons (Fsp3) is 0.641. The van der Waals surface area contributed by atoms with E-state index in [9.17, 15) is 14.2 Å². The predicted octanol–water partition coefficient (Wildman–Crippen LogP) is 10.7. The average molecular weight is 693 g/mol. The molecule has 0 spiro atoms. The zero-order valence-corrected chi connectivity index (χ0v) is 30.7. The summed E-state index contributed by atoms with van der Waals surface area (Å²) in [6.07, 6.45) is 43.5. The van der Waals surface area contributed by atoms with Gasteiger partial charge in [-0.25, -0.2) is 4.57 Å². The summed E-state index contributed by atoms with van der Waals surface area (Å²) in [6.45, 7) is 3.46. The maximum Gasteiger partial charge on any atom is 0.469 e. The number of phosphoric ester groups is 1. The Bertz CT molecular complexity index is 1010. The highest BCUT2D eigenvalue weighted by Gasteiger charge is 2.22. The lowest BCUT2D eigenvalue weighted by molar-refractivity contribution is -0.161. The SMILES string of the molecule is CC/C=C/C=C/C=C/CCCCCCCC(=O)OC(COC(=O)CCC/C=C/C/C=C/C/C=C/CCCCCCCC)COP(=O)(O)O.